The van der Waals surface area contributed by atoms with E-state index < -0.39 is 6.04 Å². The molecule has 3 aromatic rings. The lowest BCUT2D eigenvalue weighted by Crippen LogP contribution is -2.48. The topological polar surface area (TPSA) is 68.4 Å². The molecule has 0 unspecified atom stereocenters. The Balaban J connectivity index is 1.64. The number of benzene rings is 2. The molecule has 0 radical (unpaired) electrons. The van der Waals surface area contributed by atoms with Crippen molar-refractivity contribution in [3.8, 4) is 0 Å². The van der Waals surface area contributed by atoms with E-state index in [0.29, 0.717) is 12.1 Å². The van der Waals surface area contributed by atoms with Gasteiger partial charge in [0.15, 0.2) is 0 Å². The van der Waals surface area contributed by atoms with Crippen LogP contribution < -0.4 is 5.32 Å². The van der Waals surface area contributed by atoms with Crippen LogP contribution in [0.25, 0.3) is 10.9 Å². The number of aromatic nitrogens is 1. The Bertz CT molecular complexity index is 1090. The number of hydrogen-bond donors (Lipinski definition) is 2. The first-order valence-electron chi connectivity index (χ1n) is 11.0. The van der Waals surface area contributed by atoms with Gasteiger partial charge in [-0.1, -0.05) is 50.2 Å². The summed E-state index contributed by atoms with van der Waals surface area (Å²) in [5, 5.41) is 4.09. The first kappa shape index (κ1) is 21.1. The number of nitrogens with one attached hydrogen (secondary N) is 2. The number of para-hydroxylation sites is 1. The summed E-state index contributed by atoms with van der Waals surface area (Å²) in [6, 6.07) is 14.8. The molecule has 162 valence electrons. The summed E-state index contributed by atoms with van der Waals surface area (Å²) in [6.45, 7) is 9.30. The van der Waals surface area contributed by atoms with E-state index in [9.17, 15) is 9.59 Å². The number of rotatable bonds is 8. The second kappa shape index (κ2) is 8.94. The maximum absolute atomic E-state index is 13.4. The van der Waals surface area contributed by atoms with Gasteiger partial charge in [-0.25, -0.2) is 0 Å². The number of nitrogens with zero attached hydrogens (tertiary/aromatic N) is 2. The molecule has 0 spiro atoms. The Morgan fingerprint density at radius 3 is 2.58 bits per heavy atom. The standard InChI is InChI=1S/C25H30N4O2/c1-4-28(5-2)15-14-26-24(30)17(3)29-23(19-11-6-7-12-20(19)25(29)31)21-16-27-22-13-9-8-10-18(21)22/h6-13,16-17,23,27H,4-5,14-15H2,1-3H3,(H,26,30)/t17-,23-/m0/s1. The fraction of sp³-hybridized carbons (Fsp3) is 0.360. The van der Waals surface area contributed by atoms with Crippen LogP contribution in [0.1, 0.15) is 48.3 Å². The highest BCUT2D eigenvalue weighted by Crippen LogP contribution is 2.42. The molecule has 4 rings (SSSR count). The van der Waals surface area contributed by atoms with Crippen LogP contribution in [-0.2, 0) is 4.79 Å². The molecule has 31 heavy (non-hydrogen) atoms. The molecule has 6 nitrogen and oxygen atoms in total. The minimum absolute atomic E-state index is 0.0997. The fourth-order valence-corrected chi connectivity index (χ4v) is 4.52. The number of fused-ring (bicyclic) bond motifs is 2. The number of carbonyl (C=O) groups is 2. The number of hydrogen-bond acceptors (Lipinski definition) is 3. The van der Waals surface area contributed by atoms with E-state index in [2.05, 4.69) is 35.1 Å². The van der Waals surface area contributed by atoms with Crippen molar-refractivity contribution in [2.45, 2.75) is 32.9 Å². The van der Waals surface area contributed by atoms with Gasteiger partial charge in [0.05, 0.1) is 6.04 Å². The summed E-state index contributed by atoms with van der Waals surface area (Å²) >= 11 is 0. The summed E-state index contributed by atoms with van der Waals surface area (Å²) in [4.78, 5) is 33.7. The van der Waals surface area contributed by atoms with Crippen molar-refractivity contribution in [1.82, 2.24) is 20.1 Å². The van der Waals surface area contributed by atoms with Crippen molar-refractivity contribution in [2.75, 3.05) is 26.2 Å². The Morgan fingerprint density at radius 1 is 1.10 bits per heavy atom. The van der Waals surface area contributed by atoms with E-state index in [1.54, 1.807) is 4.90 Å². The average molecular weight is 419 g/mol. The van der Waals surface area contributed by atoms with Crippen molar-refractivity contribution in [3.05, 3.63) is 71.4 Å². The van der Waals surface area contributed by atoms with Crippen molar-refractivity contribution < 1.29 is 9.59 Å². The Kier molecular flexibility index (Phi) is 6.09. The molecule has 2 atom stereocenters. The zero-order chi connectivity index (χ0) is 22.0. The fourth-order valence-electron chi connectivity index (χ4n) is 4.52. The summed E-state index contributed by atoms with van der Waals surface area (Å²) in [7, 11) is 0. The van der Waals surface area contributed by atoms with Gasteiger partial charge in [-0.3, -0.25) is 9.59 Å². The minimum Gasteiger partial charge on any atom is -0.361 e. The van der Waals surface area contributed by atoms with Crippen molar-refractivity contribution >= 4 is 22.7 Å². The molecule has 0 fully saturated rings. The summed E-state index contributed by atoms with van der Waals surface area (Å²) in [5.41, 5.74) is 3.64. The van der Waals surface area contributed by atoms with Crippen molar-refractivity contribution in [3.63, 3.8) is 0 Å². The summed E-state index contributed by atoms with van der Waals surface area (Å²) in [6.07, 6.45) is 1.96. The molecule has 0 bridgehead atoms. The van der Waals surface area contributed by atoms with Gasteiger partial charge in [-0.2, -0.15) is 0 Å². The smallest absolute Gasteiger partial charge is 0.255 e. The third-order valence-corrected chi connectivity index (χ3v) is 6.33. The van der Waals surface area contributed by atoms with Crippen molar-refractivity contribution in [1.29, 1.82) is 0 Å². The molecule has 0 saturated heterocycles. The Hall–Kier alpha value is -3.12. The number of H-pyrrole nitrogens is 1. The van der Waals surface area contributed by atoms with Gasteiger partial charge in [-0.15, -0.1) is 0 Å². The monoisotopic (exact) mass is 418 g/mol. The minimum atomic E-state index is -0.588. The van der Waals surface area contributed by atoms with Gasteiger partial charge in [0.2, 0.25) is 5.91 Å². The molecule has 2 N–H and O–H groups in total. The summed E-state index contributed by atoms with van der Waals surface area (Å²) in [5.74, 6) is -0.226. The van der Waals surface area contributed by atoms with Crippen LogP contribution in [0.5, 0.6) is 0 Å². The van der Waals surface area contributed by atoms with Gasteiger partial charge in [-0.05, 0) is 37.7 Å². The number of carbonyl (C=O) groups excluding carboxylic acids is 2. The molecule has 2 heterocycles. The zero-order valence-corrected chi connectivity index (χ0v) is 18.4. The molecule has 1 aliphatic heterocycles. The molecule has 1 aromatic heterocycles. The highest BCUT2D eigenvalue weighted by Gasteiger charge is 2.42. The van der Waals surface area contributed by atoms with E-state index in [1.165, 1.54) is 0 Å². The SMILES string of the molecule is CCN(CC)CCNC(=O)[C@H](C)N1C(=O)c2ccccc2[C@H]1c1c[nH]c2ccccc12. The Labute approximate surface area is 183 Å². The molecule has 2 amide bonds. The molecule has 6 heteroatoms. The summed E-state index contributed by atoms with van der Waals surface area (Å²) < 4.78 is 0. The molecular formula is C25H30N4O2. The van der Waals surface area contributed by atoms with Crippen molar-refractivity contribution in [2.24, 2.45) is 0 Å². The molecule has 2 aromatic carbocycles. The van der Waals surface area contributed by atoms with Crippen LogP contribution >= 0.6 is 0 Å². The molecule has 0 saturated carbocycles. The van der Waals surface area contributed by atoms with Gasteiger partial charge in [0.25, 0.3) is 5.91 Å². The quantitative estimate of drug-likeness (QED) is 0.588. The van der Waals surface area contributed by atoms with E-state index in [-0.39, 0.29) is 17.9 Å². The second-order valence-corrected chi connectivity index (χ2v) is 7.99. The number of likely N-dealkylation sites (N-methyl/N-ethyl adjacent to an activating group) is 1. The van der Waals surface area contributed by atoms with E-state index in [4.69, 9.17) is 0 Å². The first-order valence-corrected chi connectivity index (χ1v) is 11.0. The highest BCUT2D eigenvalue weighted by atomic mass is 16.2. The second-order valence-electron chi connectivity index (χ2n) is 7.99. The lowest BCUT2D eigenvalue weighted by molar-refractivity contribution is -0.125. The predicted octanol–water partition coefficient (Wildman–Crippen LogP) is 3.56. The van der Waals surface area contributed by atoms with Crippen LogP contribution in [0, 0.1) is 0 Å². The van der Waals surface area contributed by atoms with Gasteiger partial charge in [0.1, 0.15) is 6.04 Å². The predicted molar refractivity (Wildman–Crippen MR) is 123 cm³/mol. The van der Waals surface area contributed by atoms with Crippen LogP contribution in [0.3, 0.4) is 0 Å². The van der Waals surface area contributed by atoms with Crippen LogP contribution in [-0.4, -0.2) is 58.8 Å². The maximum atomic E-state index is 13.4. The third kappa shape index (κ3) is 3.83. The lowest BCUT2D eigenvalue weighted by atomic mass is 9.97. The highest BCUT2D eigenvalue weighted by molar-refractivity contribution is 6.03. The first-order chi connectivity index (χ1) is 15.1. The zero-order valence-electron chi connectivity index (χ0n) is 18.4. The molecule has 0 aliphatic carbocycles. The average Bonchev–Trinajstić information content (AvgIpc) is 3.35. The van der Waals surface area contributed by atoms with E-state index in [1.807, 2.05) is 55.6 Å². The van der Waals surface area contributed by atoms with Gasteiger partial charge < -0.3 is 20.1 Å². The number of aromatic amines is 1. The normalized spacial score (nSPS) is 16.7. The van der Waals surface area contributed by atoms with E-state index in [0.717, 1.165) is 41.7 Å². The van der Waals surface area contributed by atoms with Gasteiger partial charge >= 0.3 is 0 Å². The largest absolute Gasteiger partial charge is 0.361 e. The molecule has 1 aliphatic rings. The maximum Gasteiger partial charge on any atom is 0.255 e. The van der Waals surface area contributed by atoms with E-state index >= 15 is 0 Å². The third-order valence-electron chi connectivity index (χ3n) is 6.33. The van der Waals surface area contributed by atoms with Crippen LogP contribution in [0.15, 0.2) is 54.7 Å². The number of amides is 2. The lowest BCUT2D eigenvalue weighted by Gasteiger charge is -2.31. The Morgan fingerprint density at radius 2 is 1.81 bits per heavy atom. The van der Waals surface area contributed by atoms with Gasteiger partial charge in [0, 0.05) is 41.3 Å². The molecular weight excluding hydrogens is 388 g/mol. The van der Waals surface area contributed by atoms with Crippen LogP contribution in [0.4, 0.5) is 0 Å². The van der Waals surface area contributed by atoms with Crippen LogP contribution in [0.2, 0.25) is 0 Å².